The third-order valence-electron chi connectivity index (χ3n) is 5.02. The number of hydrogen-bond acceptors (Lipinski definition) is 4. The van der Waals surface area contributed by atoms with E-state index in [1.807, 2.05) is 12.3 Å². The molecule has 4 heterocycles. The fraction of sp³-hybridized carbons (Fsp3) is 0.647. The second-order valence-electron chi connectivity index (χ2n) is 6.51. The van der Waals surface area contributed by atoms with E-state index in [1.54, 1.807) is 0 Å². The molecule has 0 radical (unpaired) electrons. The second kappa shape index (κ2) is 6.59. The van der Waals surface area contributed by atoms with E-state index in [0.29, 0.717) is 5.92 Å². The minimum absolute atomic E-state index is 0.591. The van der Waals surface area contributed by atoms with E-state index in [4.69, 9.17) is 4.98 Å². The fourth-order valence-electron chi connectivity index (χ4n) is 3.73. The normalized spacial score (nSPS) is 21.5. The lowest BCUT2D eigenvalue weighted by molar-refractivity contribution is 0.385. The quantitative estimate of drug-likeness (QED) is 0.945. The highest BCUT2D eigenvalue weighted by atomic mass is 32.2. The third-order valence-corrected chi connectivity index (χ3v) is 6.07. The van der Waals surface area contributed by atoms with Crippen LogP contribution >= 0.6 is 11.8 Å². The average Bonchev–Trinajstić information content (AvgIpc) is 2.95. The molecule has 0 amide bonds. The molecule has 5 heteroatoms. The van der Waals surface area contributed by atoms with Crippen LogP contribution in [-0.4, -0.2) is 39.1 Å². The monoisotopic (exact) mass is 316 g/mol. The van der Waals surface area contributed by atoms with Crippen LogP contribution in [-0.2, 0) is 6.54 Å². The van der Waals surface area contributed by atoms with Crippen LogP contribution in [0.4, 0.5) is 0 Å². The molecule has 2 saturated heterocycles. The van der Waals surface area contributed by atoms with Crippen molar-refractivity contribution >= 4 is 22.9 Å². The predicted molar refractivity (Wildman–Crippen MR) is 92.4 cm³/mol. The summed E-state index contributed by atoms with van der Waals surface area (Å²) in [4.78, 5) is 9.61. The molecule has 4 nitrogen and oxygen atoms in total. The Balaban J connectivity index is 1.69. The highest BCUT2D eigenvalue weighted by Gasteiger charge is 2.24. The zero-order valence-electron chi connectivity index (χ0n) is 13.0. The van der Waals surface area contributed by atoms with Gasteiger partial charge in [0, 0.05) is 18.7 Å². The van der Waals surface area contributed by atoms with Crippen molar-refractivity contribution in [3.63, 3.8) is 0 Å². The smallest absolute Gasteiger partial charge is 0.159 e. The Bertz CT molecular complexity index is 627. The molecule has 22 heavy (non-hydrogen) atoms. The van der Waals surface area contributed by atoms with Crippen LogP contribution in [0.2, 0.25) is 0 Å². The maximum Gasteiger partial charge on any atom is 0.159 e. The number of rotatable bonds is 3. The highest BCUT2D eigenvalue weighted by molar-refractivity contribution is 7.99. The van der Waals surface area contributed by atoms with Crippen LogP contribution < -0.4 is 5.32 Å². The fourth-order valence-corrected chi connectivity index (χ4v) is 4.94. The lowest BCUT2D eigenvalue weighted by Crippen LogP contribution is -2.29. The Labute approximate surface area is 136 Å². The molecule has 118 valence electrons. The first-order valence-corrected chi connectivity index (χ1v) is 9.67. The lowest BCUT2D eigenvalue weighted by atomic mass is 9.96. The zero-order chi connectivity index (χ0) is 14.8. The van der Waals surface area contributed by atoms with Crippen LogP contribution in [0.15, 0.2) is 18.3 Å². The van der Waals surface area contributed by atoms with E-state index in [-0.39, 0.29) is 0 Å². The van der Waals surface area contributed by atoms with Crippen LogP contribution in [0, 0.1) is 5.92 Å². The number of pyridine rings is 1. The summed E-state index contributed by atoms with van der Waals surface area (Å²) in [6.07, 6.45) is 6.97. The largest absolute Gasteiger partial charge is 0.317 e. The van der Waals surface area contributed by atoms with Gasteiger partial charge in [-0.25, -0.2) is 9.97 Å². The molecule has 0 spiro atoms. The van der Waals surface area contributed by atoms with Crippen molar-refractivity contribution in [2.24, 2.45) is 5.92 Å². The summed E-state index contributed by atoms with van der Waals surface area (Å²) in [5.41, 5.74) is 2.16. The predicted octanol–water partition coefficient (Wildman–Crippen LogP) is 3.04. The Morgan fingerprint density at radius 3 is 2.82 bits per heavy atom. The summed E-state index contributed by atoms with van der Waals surface area (Å²) in [6, 6.07) is 4.11. The van der Waals surface area contributed by atoms with Crippen molar-refractivity contribution in [3.05, 3.63) is 24.2 Å². The maximum atomic E-state index is 4.97. The van der Waals surface area contributed by atoms with E-state index < -0.39 is 0 Å². The van der Waals surface area contributed by atoms with Gasteiger partial charge in [0.05, 0.1) is 0 Å². The number of imidazole rings is 1. The van der Waals surface area contributed by atoms with Crippen molar-refractivity contribution in [2.45, 2.75) is 38.1 Å². The van der Waals surface area contributed by atoms with Crippen LogP contribution in [0.5, 0.6) is 0 Å². The van der Waals surface area contributed by atoms with Crippen LogP contribution in [0.3, 0.4) is 0 Å². The molecule has 0 bridgehead atoms. The number of thioether (sulfide) groups is 1. The molecule has 2 fully saturated rings. The molecule has 0 atom stereocenters. The van der Waals surface area contributed by atoms with Gasteiger partial charge in [0.15, 0.2) is 5.65 Å². The summed E-state index contributed by atoms with van der Waals surface area (Å²) in [7, 11) is 0. The molecule has 1 N–H and O–H groups in total. The standard InChI is InChI=1S/C17H24N4S/c1-2-15-17(19-7-1)21(12-13-5-10-22-11-6-13)16(20-15)14-3-8-18-9-4-14/h1-2,7,13-14,18H,3-6,8-12H2. The summed E-state index contributed by atoms with van der Waals surface area (Å²) in [5.74, 6) is 5.30. The third kappa shape index (κ3) is 2.88. The number of hydrogen-bond donors (Lipinski definition) is 1. The molecule has 0 aliphatic carbocycles. The van der Waals surface area contributed by atoms with Gasteiger partial charge in [0.2, 0.25) is 0 Å². The molecular formula is C17H24N4S. The maximum absolute atomic E-state index is 4.97. The van der Waals surface area contributed by atoms with Gasteiger partial charge in [0.1, 0.15) is 11.3 Å². The molecular weight excluding hydrogens is 292 g/mol. The second-order valence-corrected chi connectivity index (χ2v) is 7.73. The lowest BCUT2D eigenvalue weighted by Gasteiger charge is -2.26. The van der Waals surface area contributed by atoms with Gasteiger partial charge in [-0.05, 0) is 68.3 Å². The first-order chi connectivity index (χ1) is 10.9. The molecule has 0 aromatic carbocycles. The van der Waals surface area contributed by atoms with Crippen molar-refractivity contribution < 1.29 is 0 Å². The SMILES string of the molecule is c1cnc2c(c1)nc(C1CCNCC1)n2CC1CCSCC1. The van der Waals surface area contributed by atoms with Crippen molar-refractivity contribution in [1.82, 2.24) is 19.9 Å². The molecule has 2 aromatic rings. The number of piperidine rings is 1. The summed E-state index contributed by atoms with van der Waals surface area (Å²) < 4.78 is 2.45. The molecule has 2 aliphatic rings. The van der Waals surface area contributed by atoms with E-state index >= 15 is 0 Å². The minimum Gasteiger partial charge on any atom is -0.317 e. The minimum atomic E-state index is 0.591. The first-order valence-electron chi connectivity index (χ1n) is 8.51. The molecule has 4 rings (SSSR count). The Morgan fingerprint density at radius 2 is 2.00 bits per heavy atom. The summed E-state index contributed by atoms with van der Waals surface area (Å²) >= 11 is 2.10. The van der Waals surface area contributed by atoms with Gasteiger partial charge in [-0.15, -0.1) is 0 Å². The van der Waals surface area contributed by atoms with Gasteiger partial charge in [0.25, 0.3) is 0 Å². The number of nitrogens with one attached hydrogen (secondary N) is 1. The molecule has 0 saturated carbocycles. The summed E-state index contributed by atoms with van der Waals surface area (Å²) in [5, 5.41) is 3.46. The molecule has 2 aromatic heterocycles. The van der Waals surface area contributed by atoms with E-state index in [9.17, 15) is 0 Å². The van der Waals surface area contributed by atoms with Crippen molar-refractivity contribution in [1.29, 1.82) is 0 Å². The highest BCUT2D eigenvalue weighted by Crippen LogP contribution is 2.30. The Kier molecular flexibility index (Phi) is 4.35. The molecule has 2 aliphatic heterocycles. The number of nitrogens with zero attached hydrogens (tertiary/aromatic N) is 3. The van der Waals surface area contributed by atoms with Gasteiger partial charge >= 0.3 is 0 Å². The van der Waals surface area contributed by atoms with E-state index in [2.05, 4.69) is 32.7 Å². The van der Waals surface area contributed by atoms with Crippen LogP contribution in [0.1, 0.15) is 37.4 Å². The topological polar surface area (TPSA) is 42.7 Å². The van der Waals surface area contributed by atoms with Gasteiger partial charge < -0.3 is 9.88 Å². The number of aromatic nitrogens is 3. The Hall–Kier alpha value is -1.07. The number of fused-ring (bicyclic) bond motifs is 1. The van der Waals surface area contributed by atoms with Gasteiger partial charge in [-0.3, -0.25) is 0 Å². The van der Waals surface area contributed by atoms with E-state index in [1.165, 1.54) is 43.0 Å². The van der Waals surface area contributed by atoms with Gasteiger partial charge in [-0.1, -0.05) is 0 Å². The van der Waals surface area contributed by atoms with Crippen LogP contribution in [0.25, 0.3) is 11.2 Å². The van der Waals surface area contributed by atoms with E-state index in [0.717, 1.165) is 36.7 Å². The van der Waals surface area contributed by atoms with Gasteiger partial charge in [-0.2, -0.15) is 11.8 Å². The summed E-state index contributed by atoms with van der Waals surface area (Å²) in [6.45, 7) is 3.33. The molecule has 0 unspecified atom stereocenters. The average molecular weight is 316 g/mol. The van der Waals surface area contributed by atoms with Crippen molar-refractivity contribution in [3.8, 4) is 0 Å². The zero-order valence-corrected chi connectivity index (χ0v) is 13.8. The van der Waals surface area contributed by atoms with Crippen molar-refractivity contribution in [2.75, 3.05) is 24.6 Å². The first kappa shape index (κ1) is 14.5. The Morgan fingerprint density at radius 1 is 1.18 bits per heavy atom.